The monoisotopic (exact) mass is 295 g/mol. The summed E-state index contributed by atoms with van der Waals surface area (Å²) in [5.41, 5.74) is 0.142. The molecule has 2 unspecified atom stereocenters. The first-order valence-corrected chi connectivity index (χ1v) is 7.47. The molecular formula is C14H22N3O2P. The molecule has 1 aromatic heterocycles. The summed E-state index contributed by atoms with van der Waals surface area (Å²) in [4.78, 5) is 27.3. The lowest BCUT2D eigenvalue weighted by Gasteiger charge is -2.20. The fourth-order valence-electron chi connectivity index (χ4n) is 1.89. The molecule has 0 saturated carbocycles. The van der Waals surface area contributed by atoms with Gasteiger partial charge in [-0.15, -0.1) is 4.91 Å². The van der Waals surface area contributed by atoms with Crippen LogP contribution >= 0.6 is 9.24 Å². The molecule has 0 saturated heterocycles. The van der Waals surface area contributed by atoms with E-state index in [1.807, 2.05) is 0 Å². The second kappa shape index (κ2) is 8.05. The summed E-state index contributed by atoms with van der Waals surface area (Å²) in [5, 5.41) is 5.78. The Bertz CT molecular complexity index is 467. The van der Waals surface area contributed by atoms with E-state index in [1.165, 1.54) is 0 Å². The van der Waals surface area contributed by atoms with Crippen LogP contribution in [0.1, 0.15) is 46.0 Å². The molecule has 110 valence electrons. The molecule has 1 aromatic rings. The highest BCUT2D eigenvalue weighted by atomic mass is 31.0. The number of anilines is 1. The molecule has 0 spiro atoms. The number of hydrogen-bond acceptors (Lipinski definition) is 4. The summed E-state index contributed by atoms with van der Waals surface area (Å²) < 4.78 is 0. The highest BCUT2D eigenvalue weighted by Crippen LogP contribution is 2.22. The van der Waals surface area contributed by atoms with Crippen LogP contribution in [-0.4, -0.2) is 16.4 Å². The lowest BCUT2D eigenvalue weighted by molar-refractivity contribution is -0.120. The summed E-state index contributed by atoms with van der Waals surface area (Å²) in [6.07, 6.45) is 6.14. The third-order valence-electron chi connectivity index (χ3n) is 3.25. The topological polar surface area (TPSA) is 71.4 Å². The van der Waals surface area contributed by atoms with Crippen molar-refractivity contribution in [3.05, 3.63) is 23.2 Å². The van der Waals surface area contributed by atoms with Gasteiger partial charge in [0.1, 0.15) is 0 Å². The van der Waals surface area contributed by atoms with Crippen molar-refractivity contribution < 1.29 is 4.79 Å². The molecule has 0 radical (unpaired) electrons. The SMILES string of the molecule is CCCCCCC(C)(N=O)C(=O)Nc1ccnc(P)c1. The number of carbonyl (C=O) groups excluding carboxylic acids is 1. The van der Waals surface area contributed by atoms with Crippen molar-refractivity contribution in [1.29, 1.82) is 0 Å². The zero-order chi connectivity index (χ0) is 15.0. The number of carbonyl (C=O) groups is 1. The van der Waals surface area contributed by atoms with Gasteiger partial charge in [-0.25, -0.2) is 0 Å². The van der Waals surface area contributed by atoms with Gasteiger partial charge in [-0.3, -0.25) is 9.78 Å². The van der Waals surface area contributed by atoms with Crippen LogP contribution in [0, 0.1) is 4.91 Å². The van der Waals surface area contributed by atoms with E-state index in [2.05, 4.69) is 31.6 Å². The molecule has 2 atom stereocenters. The average molecular weight is 295 g/mol. The van der Waals surface area contributed by atoms with E-state index in [-0.39, 0.29) is 5.91 Å². The van der Waals surface area contributed by atoms with Crippen LogP contribution in [-0.2, 0) is 4.79 Å². The van der Waals surface area contributed by atoms with Crippen LogP contribution in [0.3, 0.4) is 0 Å². The van der Waals surface area contributed by atoms with E-state index in [9.17, 15) is 9.70 Å². The fourth-order valence-corrected chi connectivity index (χ4v) is 2.15. The standard InChI is InChI=1S/C14H22N3O2P/c1-3-4-5-6-8-14(2,17-19)13(18)16-11-7-9-15-12(20)10-11/h7,9-10H,3-6,8,20H2,1-2H3,(H,15,16,18). The van der Waals surface area contributed by atoms with Gasteiger partial charge in [-0.1, -0.05) is 47.0 Å². The summed E-state index contributed by atoms with van der Waals surface area (Å²) in [6.45, 7) is 3.71. The quantitative estimate of drug-likeness (QED) is 0.455. The number of rotatable bonds is 8. The lowest BCUT2D eigenvalue weighted by Crippen LogP contribution is -2.38. The largest absolute Gasteiger partial charge is 0.324 e. The van der Waals surface area contributed by atoms with Gasteiger partial charge in [0.25, 0.3) is 5.91 Å². The Morgan fingerprint density at radius 2 is 2.20 bits per heavy atom. The van der Waals surface area contributed by atoms with E-state index in [0.717, 1.165) is 31.1 Å². The zero-order valence-electron chi connectivity index (χ0n) is 12.1. The summed E-state index contributed by atoms with van der Waals surface area (Å²) >= 11 is 0. The summed E-state index contributed by atoms with van der Waals surface area (Å²) in [5.74, 6) is -0.361. The maximum Gasteiger partial charge on any atom is 0.255 e. The van der Waals surface area contributed by atoms with Crippen LogP contribution in [0.4, 0.5) is 5.69 Å². The normalized spacial score (nSPS) is 13.6. The molecule has 0 aliphatic rings. The molecule has 1 heterocycles. The Hall–Kier alpha value is -1.35. The number of pyridine rings is 1. The van der Waals surface area contributed by atoms with E-state index in [1.54, 1.807) is 25.3 Å². The van der Waals surface area contributed by atoms with E-state index >= 15 is 0 Å². The number of unbranched alkanes of at least 4 members (excludes halogenated alkanes) is 3. The van der Waals surface area contributed by atoms with Gasteiger partial charge in [0, 0.05) is 11.9 Å². The molecule has 0 bridgehead atoms. The Morgan fingerprint density at radius 1 is 1.45 bits per heavy atom. The van der Waals surface area contributed by atoms with Crippen molar-refractivity contribution >= 4 is 26.3 Å². The van der Waals surface area contributed by atoms with Crippen molar-refractivity contribution in [2.45, 2.75) is 51.5 Å². The van der Waals surface area contributed by atoms with Gasteiger partial charge in [0.15, 0.2) is 5.54 Å². The van der Waals surface area contributed by atoms with Gasteiger partial charge in [0.2, 0.25) is 0 Å². The average Bonchev–Trinajstić information content (AvgIpc) is 2.43. The Labute approximate surface area is 122 Å². The van der Waals surface area contributed by atoms with Crippen molar-refractivity contribution in [3.63, 3.8) is 0 Å². The molecule has 0 aliphatic heterocycles. The molecular weight excluding hydrogens is 273 g/mol. The Morgan fingerprint density at radius 3 is 2.80 bits per heavy atom. The predicted molar refractivity (Wildman–Crippen MR) is 85.2 cm³/mol. The van der Waals surface area contributed by atoms with Gasteiger partial charge in [0.05, 0.1) is 5.44 Å². The third kappa shape index (κ3) is 4.97. The van der Waals surface area contributed by atoms with E-state index in [0.29, 0.717) is 12.1 Å². The first-order valence-electron chi connectivity index (χ1n) is 6.89. The number of nitrogens with one attached hydrogen (secondary N) is 1. The number of nitrogens with zero attached hydrogens (tertiary/aromatic N) is 2. The molecule has 0 fully saturated rings. The van der Waals surface area contributed by atoms with Crippen LogP contribution in [0.15, 0.2) is 23.5 Å². The number of nitroso groups, excluding NO2 is 1. The Balaban J connectivity index is 2.63. The summed E-state index contributed by atoms with van der Waals surface area (Å²) in [6, 6.07) is 3.42. The summed E-state index contributed by atoms with van der Waals surface area (Å²) in [7, 11) is 2.46. The maximum absolute atomic E-state index is 12.2. The molecule has 6 heteroatoms. The maximum atomic E-state index is 12.2. The predicted octanol–water partition coefficient (Wildman–Crippen LogP) is 3.02. The van der Waals surface area contributed by atoms with Crippen LogP contribution in [0.25, 0.3) is 0 Å². The lowest BCUT2D eigenvalue weighted by atomic mass is 9.94. The molecule has 1 N–H and O–H groups in total. The first kappa shape index (κ1) is 16.7. The minimum absolute atomic E-state index is 0.361. The molecule has 0 aromatic carbocycles. The molecule has 1 rings (SSSR count). The number of aromatic nitrogens is 1. The zero-order valence-corrected chi connectivity index (χ0v) is 13.2. The molecule has 1 amide bonds. The van der Waals surface area contributed by atoms with Crippen LogP contribution in [0.5, 0.6) is 0 Å². The van der Waals surface area contributed by atoms with E-state index < -0.39 is 5.54 Å². The molecule has 0 aliphatic carbocycles. The fraction of sp³-hybridized carbons (Fsp3) is 0.571. The van der Waals surface area contributed by atoms with Crippen LogP contribution < -0.4 is 10.8 Å². The van der Waals surface area contributed by atoms with Crippen molar-refractivity contribution in [1.82, 2.24) is 4.98 Å². The number of amides is 1. The van der Waals surface area contributed by atoms with Gasteiger partial charge in [-0.2, -0.15) is 0 Å². The van der Waals surface area contributed by atoms with Crippen LogP contribution in [0.2, 0.25) is 0 Å². The van der Waals surface area contributed by atoms with Gasteiger partial charge in [-0.05, 0) is 25.5 Å². The second-order valence-electron chi connectivity index (χ2n) is 5.10. The highest BCUT2D eigenvalue weighted by molar-refractivity contribution is 7.26. The third-order valence-corrected chi connectivity index (χ3v) is 3.56. The molecule has 5 nitrogen and oxygen atoms in total. The van der Waals surface area contributed by atoms with Gasteiger partial charge >= 0.3 is 0 Å². The highest BCUT2D eigenvalue weighted by Gasteiger charge is 2.34. The number of hydrogen-bond donors (Lipinski definition) is 1. The smallest absolute Gasteiger partial charge is 0.255 e. The van der Waals surface area contributed by atoms with Crippen molar-refractivity contribution in [2.24, 2.45) is 5.18 Å². The first-order chi connectivity index (χ1) is 9.51. The molecule has 20 heavy (non-hydrogen) atoms. The van der Waals surface area contributed by atoms with E-state index in [4.69, 9.17) is 0 Å². The second-order valence-corrected chi connectivity index (χ2v) is 5.69. The van der Waals surface area contributed by atoms with Crippen molar-refractivity contribution in [2.75, 3.05) is 5.32 Å². The minimum atomic E-state index is -1.21. The minimum Gasteiger partial charge on any atom is -0.324 e. The van der Waals surface area contributed by atoms with Crippen molar-refractivity contribution in [3.8, 4) is 0 Å². The Kier molecular flexibility index (Phi) is 6.73. The van der Waals surface area contributed by atoms with Gasteiger partial charge < -0.3 is 5.32 Å².